The maximum atomic E-state index is 12.7. The van der Waals surface area contributed by atoms with E-state index in [9.17, 15) is 24.6 Å². The predicted octanol–water partition coefficient (Wildman–Crippen LogP) is 3.52. The molecule has 2 amide bonds. The fourth-order valence-corrected chi connectivity index (χ4v) is 3.95. The Morgan fingerprint density at radius 2 is 1.76 bits per heavy atom. The molecule has 0 unspecified atom stereocenters. The average Bonchev–Trinajstić information content (AvgIpc) is 2.73. The number of hydrogen-bond donors (Lipinski definition) is 4. The highest BCUT2D eigenvalue weighted by Crippen LogP contribution is 2.32. The highest BCUT2D eigenvalue weighted by Gasteiger charge is 2.21. The van der Waals surface area contributed by atoms with E-state index >= 15 is 0 Å². The number of rotatable bonds is 8. The number of amides is 2. The number of nitrogens with one attached hydrogen (secondary N) is 2. The van der Waals surface area contributed by atoms with Crippen LogP contribution in [0.4, 0.5) is 0 Å². The van der Waals surface area contributed by atoms with Gasteiger partial charge in [0.15, 0.2) is 0 Å². The molecule has 0 aliphatic carbocycles. The van der Waals surface area contributed by atoms with Gasteiger partial charge in [-0.3, -0.25) is 9.59 Å². The van der Waals surface area contributed by atoms with Crippen LogP contribution in [-0.2, 0) is 16.0 Å². The third kappa shape index (κ3) is 6.08. The molecule has 8 nitrogen and oxygen atoms in total. The Kier molecular flexibility index (Phi) is 7.83. The summed E-state index contributed by atoms with van der Waals surface area (Å²) in [5.41, 5.74) is 0.643. The van der Waals surface area contributed by atoms with E-state index in [1.54, 1.807) is 19.1 Å². The maximum Gasteiger partial charge on any atom is 0.340 e. The van der Waals surface area contributed by atoms with Gasteiger partial charge in [0.2, 0.25) is 11.8 Å². The molecule has 180 valence electrons. The van der Waals surface area contributed by atoms with E-state index in [0.717, 1.165) is 11.6 Å². The van der Waals surface area contributed by atoms with Crippen LogP contribution in [0.15, 0.2) is 45.6 Å². The molecule has 0 aliphatic heterocycles. The molecule has 3 aromatic rings. The molecule has 3 rings (SSSR count). The van der Waals surface area contributed by atoms with Crippen LogP contribution in [0.5, 0.6) is 11.5 Å². The van der Waals surface area contributed by atoms with Crippen molar-refractivity contribution in [3.63, 3.8) is 0 Å². The van der Waals surface area contributed by atoms with Crippen molar-refractivity contribution in [1.29, 1.82) is 0 Å². The number of carbonyl (C=O) groups is 2. The fourth-order valence-electron chi connectivity index (χ4n) is 3.82. The quantitative estimate of drug-likeness (QED) is 0.360. The number of hydrogen-bond acceptors (Lipinski definition) is 6. The second-order valence-corrected chi connectivity index (χ2v) is 8.92. The van der Waals surface area contributed by atoms with Gasteiger partial charge in [-0.05, 0) is 44.0 Å². The van der Waals surface area contributed by atoms with E-state index in [0.29, 0.717) is 10.6 Å². The van der Waals surface area contributed by atoms with Crippen LogP contribution in [0.3, 0.4) is 0 Å². The van der Waals surface area contributed by atoms with Gasteiger partial charge in [0.05, 0.1) is 17.4 Å². The first-order chi connectivity index (χ1) is 16.0. The predicted molar refractivity (Wildman–Crippen MR) is 129 cm³/mol. The van der Waals surface area contributed by atoms with Gasteiger partial charge < -0.3 is 25.3 Å². The summed E-state index contributed by atoms with van der Waals surface area (Å²) in [4.78, 5) is 37.6. The molecule has 0 saturated carbocycles. The van der Waals surface area contributed by atoms with E-state index in [1.807, 2.05) is 26.0 Å². The average molecular weight is 487 g/mol. The molecule has 0 radical (unpaired) electrons. The smallest absolute Gasteiger partial charge is 0.340 e. The van der Waals surface area contributed by atoms with Crippen molar-refractivity contribution >= 4 is 34.4 Å². The zero-order valence-corrected chi connectivity index (χ0v) is 19.9. The van der Waals surface area contributed by atoms with Crippen LogP contribution in [0.2, 0.25) is 5.02 Å². The second kappa shape index (κ2) is 10.6. The van der Waals surface area contributed by atoms with Crippen LogP contribution >= 0.6 is 11.6 Å². The highest BCUT2D eigenvalue weighted by molar-refractivity contribution is 6.30. The van der Waals surface area contributed by atoms with Crippen molar-refractivity contribution in [2.75, 3.05) is 6.54 Å². The van der Waals surface area contributed by atoms with Gasteiger partial charge in [0, 0.05) is 42.1 Å². The number of phenolic OH excluding ortho intramolecular Hbond substituents is 2. The lowest BCUT2D eigenvalue weighted by molar-refractivity contribution is -0.123. The Bertz CT molecular complexity index is 1270. The number of aryl methyl sites for hydroxylation is 1. The van der Waals surface area contributed by atoms with Crippen LogP contribution < -0.4 is 16.3 Å². The van der Waals surface area contributed by atoms with Crippen LogP contribution in [0.25, 0.3) is 11.0 Å². The van der Waals surface area contributed by atoms with Crippen LogP contribution in [0.1, 0.15) is 42.9 Å². The molecule has 34 heavy (non-hydrogen) atoms. The highest BCUT2D eigenvalue weighted by atomic mass is 35.5. The monoisotopic (exact) mass is 486 g/mol. The van der Waals surface area contributed by atoms with E-state index < -0.39 is 11.5 Å². The standard InChI is InChI=1S/C25H27ClN2O6/c1-13(2)28-23(32)8-16(15-4-6-17(26)7-5-15)12-27-22(31)11-19-14(3)24-20(30)9-18(29)10-21(24)34-25(19)33/h4-7,9-10,13,16,29-30H,8,11-12H2,1-3H3,(H,27,31)(H,28,32)/t16-/m0/s1. The molecule has 4 N–H and O–H groups in total. The third-order valence-electron chi connectivity index (χ3n) is 5.45. The minimum atomic E-state index is -0.726. The first-order valence-corrected chi connectivity index (χ1v) is 11.2. The summed E-state index contributed by atoms with van der Waals surface area (Å²) in [5.74, 6) is -1.38. The van der Waals surface area contributed by atoms with E-state index in [1.165, 1.54) is 6.07 Å². The molecular weight excluding hydrogens is 460 g/mol. The lowest BCUT2D eigenvalue weighted by Gasteiger charge is -2.19. The van der Waals surface area contributed by atoms with Gasteiger partial charge in [0.25, 0.3) is 0 Å². The molecule has 1 atom stereocenters. The minimum Gasteiger partial charge on any atom is -0.508 e. The topological polar surface area (TPSA) is 129 Å². The zero-order chi connectivity index (χ0) is 25.0. The van der Waals surface area contributed by atoms with Gasteiger partial charge in [-0.1, -0.05) is 23.7 Å². The van der Waals surface area contributed by atoms with Crippen LogP contribution in [-0.4, -0.2) is 34.6 Å². The Morgan fingerprint density at radius 3 is 2.41 bits per heavy atom. The Balaban J connectivity index is 1.78. The van der Waals surface area contributed by atoms with Gasteiger partial charge in [-0.2, -0.15) is 0 Å². The van der Waals surface area contributed by atoms with Crippen molar-refractivity contribution < 1.29 is 24.2 Å². The number of carbonyl (C=O) groups excluding carboxylic acids is 2. The Morgan fingerprint density at radius 1 is 1.09 bits per heavy atom. The molecule has 0 fully saturated rings. The van der Waals surface area contributed by atoms with E-state index in [4.69, 9.17) is 16.0 Å². The third-order valence-corrected chi connectivity index (χ3v) is 5.70. The molecule has 0 spiro atoms. The molecular formula is C25H27ClN2O6. The van der Waals surface area contributed by atoms with Crippen LogP contribution in [0, 0.1) is 6.92 Å². The number of fused-ring (bicyclic) bond motifs is 1. The fraction of sp³-hybridized carbons (Fsp3) is 0.320. The Labute approximate surface area is 201 Å². The lowest BCUT2D eigenvalue weighted by atomic mass is 9.95. The molecule has 0 bridgehead atoms. The summed E-state index contributed by atoms with van der Waals surface area (Å²) in [6.07, 6.45) is -0.107. The second-order valence-electron chi connectivity index (χ2n) is 8.49. The summed E-state index contributed by atoms with van der Waals surface area (Å²) >= 11 is 5.98. The normalized spacial score (nSPS) is 12.0. The maximum absolute atomic E-state index is 12.7. The lowest BCUT2D eigenvalue weighted by Crippen LogP contribution is -2.35. The first kappa shape index (κ1) is 25.1. The van der Waals surface area contributed by atoms with Gasteiger partial charge in [-0.25, -0.2) is 4.79 Å². The number of aromatic hydroxyl groups is 2. The molecule has 1 aromatic heterocycles. The largest absolute Gasteiger partial charge is 0.508 e. The summed E-state index contributed by atoms with van der Waals surface area (Å²) in [6, 6.07) is 9.41. The van der Waals surface area contributed by atoms with E-state index in [-0.39, 0.29) is 65.3 Å². The van der Waals surface area contributed by atoms with Gasteiger partial charge in [-0.15, -0.1) is 0 Å². The van der Waals surface area contributed by atoms with Crippen molar-refractivity contribution in [3.05, 3.63) is 68.5 Å². The summed E-state index contributed by atoms with van der Waals surface area (Å²) < 4.78 is 5.21. The summed E-state index contributed by atoms with van der Waals surface area (Å²) in [6.45, 7) is 5.51. The number of benzene rings is 2. The summed E-state index contributed by atoms with van der Waals surface area (Å²) in [7, 11) is 0. The first-order valence-electron chi connectivity index (χ1n) is 10.8. The number of phenols is 2. The van der Waals surface area contributed by atoms with Crippen molar-refractivity contribution in [1.82, 2.24) is 10.6 Å². The minimum absolute atomic E-state index is 0.0126. The zero-order valence-electron chi connectivity index (χ0n) is 19.1. The van der Waals surface area contributed by atoms with Crippen molar-refractivity contribution in [2.24, 2.45) is 0 Å². The molecule has 9 heteroatoms. The van der Waals surface area contributed by atoms with E-state index in [2.05, 4.69) is 10.6 Å². The van der Waals surface area contributed by atoms with Crippen molar-refractivity contribution in [3.8, 4) is 11.5 Å². The van der Waals surface area contributed by atoms with Gasteiger partial charge in [0.1, 0.15) is 17.1 Å². The number of halogens is 1. The molecule has 2 aromatic carbocycles. The SMILES string of the molecule is Cc1c(CC(=O)NC[C@H](CC(=O)NC(C)C)c2ccc(Cl)cc2)c(=O)oc2cc(O)cc(O)c12. The summed E-state index contributed by atoms with van der Waals surface area (Å²) in [5, 5.41) is 26.3. The van der Waals surface area contributed by atoms with Crippen molar-refractivity contribution in [2.45, 2.75) is 45.6 Å². The molecule has 0 aliphatic rings. The molecule has 0 saturated heterocycles. The Hall–Kier alpha value is -3.52. The molecule has 1 heterocycles. The van der Waals surface area contributed by atoms with Gasteiger partial charge >= 0.3 is 5.63 Å².